The van der Waals surface area contributed by atoms with E-state index in [1.807, 2.05) is 36.4 Å². The van der Waals surface area contributed by atoms with Gasteiger partial charge in [-0.05, 0) is 44.4 Å². The van der Waals surface area contributed by atoms with Crippen LogP contribution in [0.15, 0.2) is 84.9 Å². The van der Waals surface area contributed by atoms with Crippen LogP contribution in [0.3, 0.4) is 0 Å². The number of carbonyl (C=O) groups excluding carboxylic acids is 1. The van der Waals surface area contributed by atoms with Gasteiger partial charge in [0.05, 0.1) is 5.41 Å². The number of hydrogen-bond donors (Lipinski definition) is 0. The molecule has 0 N–H and O–H groups in total. The summed E-state index contributed by atoms with van der Waals surface area (Å²) in [6.45, 7) is 9.57. The zero-order chi connectivity index (χ0) is 20.6. The fraction of sp³-hybridized carbons (Fsp3) is 0.296. The van der Waals surface area contributed by atoms with E-state index in [0.717, 1.165) is 17.7 Å². The average Bonchev–Trinajstić information content (AvgIpc) is 2.72. The second-order valence-corrected chi connectivity index (χ2v) is 9.30. The lowest BCUT2D eigenvalue weighted by Gasteiger charge is -2.60. The number of hydrogen-bond acceptors (Lipinski definition) is 2. The van der Waals surface area contributed by atoms with Gasteiger partial charge in [0.1, 0.15) is 0 Å². The van der Waals surface area contributed by atoms with Crippen LogP contribution < -0.4 is 0 Å². The van der Waals surface area contributed by atoms with Gasteiger partial charge in [-0.2, -0.15) is 0 Å². The highest BCUT2D eigenvalue weighted by molar-refractivity contribution is 6.02. The molecule has 0 unspecified atom stereocenters. The number of benzene rings is 3. The molecule has 1 aliphatic rings. The Balaban J connectivity index is 1.65. The quantitative estimate of drug-likeness (QED) is 0.486. The van der Waals surface area contributed by atoms with Gasteiger partial charge in [-0.1, -0.05) is 84.9 Å². The molecule has 0 spiro atoms. The summed E-state index contributed by atoms with van der Waals surface area (Å²) in [5.74, 6) is 0.228. The van der Waals surface area contributed by atoms with Gasteiger partial charge in [-0.15, -0.1) is 0 Å². The lowest BCUT2D eigenvalue weighted by molar-refractivity contribution is -0.0951. The molecule has 148 valence electrons. The van der Waals surface area contributed by atoms with Crippen molar-refractivity contribution in [2.24, 2.45) is 5.41 Å². The molecule has 3 aromatic carbocycles. The molecule has 1 aliphatic heterocycles. The minimum absolute atomic E-state index is 0.0114. The normalized spacial score (nSPS) is 22.1. The molecule has 0 aromatic heterocycles. The van der Waals surface area contributed by atoms with Crippen LogP contribution in [0.5, 0.6) is 0 Å². The average molecular weight is 384 g/mol. The molecule has 1 saturated heterocycles. The van der Waals surface area contributed by atoms with Crippen molar-refractivity contribution in [3.05, 3.63) is 96.1 Å². The molecule has 1 heterocycles. The summed E-state index contributed by atoms with van der Waals surface area (Å²) in [5, 5.41) is 0. The number of rotatable bonds is 4. The number of nitrogens with zero attached hydrogens (tertiary/aromatic N) is 1. The largest absolute Gasteiger partial charge is 0.293 e. The van der Waals surface area contributed by atoms with Crippen LogP contribution in [0.2, 0.25) is 0 Å². The van der Waals surface area contributed by atoms with Gasteiger partial charge in [-0.3, -0.25) is 9.69 Å². The van der Waals surface area contributed by atoms with E-state index < -0.39 is 5.41 Å². The first kappa shape index (κ1) is 19.6. The predicted octanol–water partition coefficient (Wildman–Crippen LogP) is 6.40. The Morgan fingerprint density at radius 3 is 1.90 bits per heavy atom. The lowest BCUT2D eigenvalue weighted by Crippen LogP contribution is -2.66. The van der Waals surface area contributed by atoms with Gasteiger partial charge in [0.2, 0.25) is 0 Å². The highest BCUT2D eigenvalue weighted by atomic mass is 16.1. The van der Waals surface area contributed by atoms with E-state index in [1.54, 1.807) is 0 Å². The zero-order valence-electron chi connectivity index (χ0n) is 17.7. The van der Waals surface area contributed by atoms with Crippen LogP contribution in [-0.2, 0) is 0 Å². The molecule has 1 fully saturated rings. The number of carbonyl (C=O) groups is 1. The standard InChI is InChI=1S/C27H29NO/c1-26(2,3)28-19-27(4,24(28)22-13-9-6-10-14-22)25(29)23-17-15-21(16-18-23)20-11-7-5-8-12-20/h5-18,24H,19H2,1-4H3/t24-,27-/m1/s1. The third kappa shape index (κ3) is 3.54. The monoisotopic (exact) mass is 383 g/mol. The molecule has 2 atom stereocenters. The van der Waals surface area contributed by atoms with Gasteiger partial charge < -0.3 is 0 Å². The SMILES string of the molecule is CC(C)(C)N1C[C@@](C)(C(=O)c2ccc(-c3ccccc3)cc2)[C@H]1c1ccccc1. The third-order valence-corrected chi connectivity index (χ3v) is 6.16. The van der Waals surface area contributed by atoms with E-state index in [0.29, 0.717) is 0 Å². The Labute approximate surface area is 174 Å². The van der Waals surface area contributed by atoms with E-state index in [9.17, 15) is 4.79 Å². The van der Waals surface area contributed by atoms with Crippen molar-refractivity contribution >= 4 is 5.78 Å². The second kappa shape index (κ2) is 7.27. The number of likely N-dealkylation sites (tertiary alicyclic amines) is 1. The maximum absolute atomic E-state index is 13.6. The van der Waals surface area contributed by atoms with Crippen LogP contribution in [0.4, 0.5) is 0 Å². The van der Waals surface area contributed by atoms with Crippen molar-refractivity contribution in [3.8, 4) is 11.1 Å². The Morgan fingerprint density at radius 2 is 1.34 bits per heavy atom. The van der Waals surface area contributed by atoms with Crippen molar-refractivity contribution in [2.45, 2.75) is 39.3 Å². The summed E-state index contributed by atoms with van der Waals surface area (Å²) in [5.41, 5.74) is 3.90. The molecule has 29 heavy (non-hydrogen) atoms. The smallest absolute Gasteiger partial charge is 0.171 e. The summed E-state index contributed by atoms with van der Waals surface area (Å²) in [7, 11) is 0. The van der Waals surface area contributed by atoms with E-state index >= 15 is 0 Å². The molecule has 0 amide bonds. The second-order valence-electron chi connectivity index (χ2n) is 9.30. The summed E-state index contributed by atoms with van der Waals surface area (Å²) < 4.78 is 0. The Bertz CT molecular complexity index is 986. The minimum Gasteiger partial charge on any atom is -0.293 e. The predicted molar refractivity (Wildman–Crippen MR) is 120 cm³/mol. The molecule has 0 radical (unpaired) electrons. The fourth-order valence-electron chi connectivity index (χ4n) is 4.54. The van der Waals surface area contributed by atoms with E-state index in [2.05, 4.69) is 81.1 Å². The molecule has 4 rings (SSSR count). The highest BCUT2D eigenvalue weighted by Gasteiger charge is 2.57. The summed E-state index contributed by atoms with van der Waals surface area (Å²) in [6, 6.07) is 28.9. The highest BCUT2D eigenvalue weighted by Crippen LogP contribution is 2.53. The first-order valence-corrected chi connectivity index (χ1v) is 10.3. The van der Waals surface area contributed by atoms with Crippen molar-refractivity contribution < 1.29 is 4.79 Å². The van der Waals surface area contributed by atoms with Crippen LogP contribution in [-0.4, -0.2) is 22.8 Å². The first-order valence-electron chi connectivity index (χ1n) is 10.3. The summed E-state index contributed by atoms with van der Waals surface area (Å²) in [4.78, 5) is 16.1. The van der Waals surface area contributed by atoms with Crippen molar-refractivity contribution in [2.75, 3.05) is 6.54 Å². The van der Waals surface area contributed by atoms with E-state index in [-0.39, 0.29) is 17.4 Å². The Hall–Kier alpha value is -2.71. The molecular weight excluding hydrogens is 354 g/mol. The maximum Gasteiger partial charge on any atom is 0.171 e. The molecule has 2 heteroatoms. The number of Topliss-reactive ketones (excluding diaryl/α,β-unsaturated/α-hetero) is 1. The van der Waals surface area contributed by atoms with Gasteiger partial charge in [0.25, 0.3) is 0 Å². The first-order chi connectivity index (χ1) is 13.8. The molecule has 3 aromatic rings. The van der Waals surface area contributed by atoms with Crippen molar-refractivity contribution in [1.29, 1.82) is 0 Å². The topological polar surface area (TPSA) is 20.3 Å². The van der Waals surface area contributed by atoms with Gasteiger partial charge in [0.15, 0.2) is 5.78 Å². The van der Waals surface area contributed by atoms with Gasteiger partial charge in [0, 0.05) is 23.7 Å². The molecule has 0 aliphatic carbocycles. The van der Waals surface area contributed by atoms with E-state index in [4.69, 9.17) is 0 Å². The Morgan fingerprint density at radius 1 is 0.828 bits per heavy atom. The van der Waals surface area contributed by atoms with Crippen LogP contribution in [0.25, 0.3) is 11.1 Å². The van der Waals surface area contributed by atoms with E-state index in [1.165, 1.54) is 11.1 Å². The van der Waals surface area contributed by atoms with Gasteiger partial charge >= 0.3 is 0 Å². The van der Waals surface area contributed by atoms with Crippen molar-refractivity contribution in [1.82, 2.24) is 4.90 Å². The number of ketones is 1. The zero-order valence-corrected chi connectivity index (χ0v) is 17.7. The molecule has 0 bridgehead atoms. The molecule has 0 saturated carbocycles. The maximum atomic E-state index is 13.6. The summed E-state index contributed by atoms with van der Waals surface area (Å²) >= 11 is 0. The summed E-state index contributed by atoms with van der Waals surface area (Å²) in [6.07, 6.45) is 0. The molecule has 2 nitrogen and oxygen atoms in total. The van der Waals surface area contributed by atoms with Crippen molar-refractivity contribution in [3.63, 3.8) is 0 Å². The third-order valence-electron chi connectivity index (χ3n) is 6.16. The van der Waals surface area contributed by atoms with Gasteiger partial charge in [-0.25, -0.2) is 0 Å². The van der Waals surface area contributed by atoms with Crippen LogP contribution in [0.1, 0.15) is 49.7 Å². The van der Waals surface area contributed by atoms with Crippen LogP contribution >= 0.6 is 0 Å². The molecular formula is C27H29NO. The van der Waals surface area contributed by atoms with Crippen LogP contribution in [0, 0.1) is 5.41 Å². The fourth-order valence-corrected chi connectivity index (χ4v) is 4.54. The minimum atomic E-state index is -0.428. The lowest BCUT2D eigenvalue weighted by atomic mass is 9.64. The Kier molecular flexibility index (Phi) is 4.92.